The molecule has 12 nitrogen and oxygen atoms in total. The van der Waals surface area contributed by atoms with Gasteiger partial charge in [0.1, 0.15) is 33.0 Å². The van der Waals surface area contributed by atoms with Gasteiger partial charge in [0.05, 0.1) is 0 Å². The average Bonchev–Trinajstić information content (AvgIpc) is 3.47. The van der Waals surface area contributed by atoms with Crippen molar-refractivity contribution < 1.29 is 38.1 Å². The molecule has 0 saturated heterocycles. The van der Waals surface area contributed by atoms with Crippen molar-refractivity contribution in [2.75, 3.05) is 39.3 Å². The first-order valence-electron chi connectivity index (χ1n) is 26.5. The number of amides is 3. The van der Waals surface area contributed by atoms with E-state index in [1.54, 1.807) is 4.90 Å². The van der Waals surface area contributed by atoms with Gasteiger partial charge in [-0.2, -0.15) is 0 Å². The quantitative estimate of drug-likeness (QED) is 0.0394. The largest absolute Gasteiger partial charge is 0.485 e. The molecule has 0 heterocycles. The Hall–Kier alpha value is -8.09. The van der Waals surface area contributed by atoms with Gasteiger partial charge in [-0.3, -0.25) is 9.59 Å². The van der Waals surface area contributed by atoms with E-state index in [4.69, 9.17) is 29.4 Å². The van der Waals surface area contributed by atoms with Crippen LogP contribution in [-0.2, 0) is 60.2 Å². The van der Waals surface area contributed by atoms with Gasteiger partial charge >= 0.3 is 6.09 Å². The maximum absolute atomic E-state index is 13.8. The summed E-state index contributed by atoms with van der Waals surface area (Å²) in [6.07, 6.45) is 3.77. The Morgan fingerprint density at radius 2 is 0.776 bits per heavy atom. The Kier molecular flexibility index (Phi) is 23.1. The van der Waals surface area contributed by atoms with Gasteiger partial charge < -0.3 is 44.5 Å². The van der Waals surface area contributed by atoms with E-state index in [0.717, 1.165) is 38.9 Å². The molecular formula is C64H72N4O8. The molecule has 0 aliphatic carbocycles. The lowest BCUT2D eigenvalue weighted by atomic mass is 10.1. The van der Waals surface area contributed by atoms with E-state index in [-0.39, 0.29) is 24.8 Å². The van der Waals surface area contributed by atoms with Crippen LogP contribution in [0.1, 0.15) is 77.5 Å². The van der Waals surface area contributed by atoms with Crippen LogP contribution in [0.4, 0.5) is 4.79 Å². The highest BCUT2D eigenvalue weighted by Gasteiger charge is 2.19. The average molecular weight is 1030 g/mol. The molecule has 0 unspecified atom stereocenters. The zero-order chi connectivity index (χ0) is 52.8. The molecule has 12 heteroatoms. The van der Waals surface area contributed by atoms with E-state index in [1.807, 2.05) is 193 Å². The summed E-state index contributed by atoms with van der Waals surface area (Å²) in [6.45, 7) is 4.49. The van der Waals surface area contributed by atoms with Gasteiger partial charge in [-0.1, -0.05) is 164 Å². The molecule has 0 radical (unpaired) electrons. The second kappa shape index (κ2) is 31.6. The van der Waals surface area contributed by atoms with Crippen molar-refractivity contribution in [3.63, 3.8) is 0 Å². The van der Waals surface area contributed by atoms with Crippen LogP contribution in [0.25, 0.3) is 0 Å². The summed E-state index contributed by atoms with van der Waals surface area (Å²) in [7, 11) is 0. The summed E-state index contributed by atoms with van der Waals surface area (Å²) in [5.74, 6) is 2.48. The third-order valence-corrected chi connectivity index (χ3v) is 12.7. The number of hydrogen-bond donors (Lipinski definition) is 2. The number of nitrogens with one attached hydrogen (secondary N) is 1. The lowest BCUT2D eigenvalue weighted by Gasteiger charge is -2.25. The van der Waals surface area contributed by atoms with E-state index in [1.165, 1.54) is 0 Å². The molecule has 7 aromatic carbocycles. The predicted molar refractivity (Wildman–Crippen MR) is 298 cm³/mol. The van der Waals surface area contributed by atoms with Crippen LogP contribution < -0.4 is 30.0 Å². The Balaban J connectivity index is 0.891. The van der Waals surface area contributed by atoms with Crippen LogP contribution >= 0.6 is 0 Å². The lowest BCUT2D eigenvalue weighted by Crippen LogP contribution is -2.37. The fourth-order valence-electron chi connectivity index (χ4n) is 8.43. The van der Waals surface area contributed by atoms with E-state index in [9.17, 15) is 14.4 Å². The zero-order valence-corrected chi connectivity index (χ0v) is 43.6. The first kappa shape index (κ1) is 55.7. The highest BCUT2D eigenvalue weighted by Crippen LogP contribution is 2.32. The number of nitrogens with zero attached hydrogens (tertiary/aromatic N) is 2. The van der Waals surface area contributed by atoms with Crippen LogP contribution in [0, 0.1) is 0 Å². The smallest absolute Gasteiger partial charge is 0.410 e. The van der Waals surface area contributed by atoms with Crippen LogP contribution in [0.2, 0.25) is 0 Å². The second-order valence-corrected chi connectivity index (χ2v) is 18.6. The molecule has 396 valence electrons. The first-order valence-corrected chi connectivity index (χ1v) is 26.5. The molecule has 0 spiro atoms. The van der Waals surface area contributed by atoms with Crippen molar-refractivity contribution in [1.82, 2.24) is 15.1 Å². The van der Waals surface area contributed by atoms with Gasteiger partial charge in [0.25, 0.3) is 0 Å². The van der Waals surface area contributed by atoms with Crippen LogP contribution in [-0.4, -0.2) is 67.0 Å². The van der Waals surface area contributed by atoms with Crippen molar-refractivity contribution in [2.24, 2.45) is 5.73 Å². The molecule has 3 amide bonds. The van der Waals surface area contributed by atoms with Crippen LogP contribution in [0.15, 0.2) is 188 Å². The van der Waals surface area contributed by atoms with Gasteiger partial charge in [-0.05, 0) is 108 Å². The van der Waals surface area contributed by atoms with Crippen LogP contribution in [0.3, 0.4) is 0 Å². The Bertz CT molecular complexity index is 2790. The number of benzene rings is 7. The molecule has 7 rings (SSSR count). The minimum Gasteiger partial charge on any atom is -0.485 e. The van der Waals surface area contributed by atoms with Crippen molar-refractivity contribution in [2.45, 2.75) is 84.4 Å². The fraction of sp³-hybridized carbons (Fsp3) is 0.297. The van der Waals surface area contributed by atoms with Gasteiger partial charge in [0.2, 0.25) is 11.8 Å². The summed E-state index contributed by atoms with van der Waals surface area (Å²) in [5, 5.41) is 3.04. The predicted octanol–water partition coefficient (Wildman–Crippen LogP) is 11.7. The van der Waals surface area contributed by atoms with E-state index in [0.29, 0.717) is 134 Å². The van der Waals surface area contributed by atoms with E-state index < -0.39 is 6.09 Å². The molecule has 76 heavy (non-hydrogen) atoms. The van der Waals surface area contributed by atoms with Crippen molar-refractivity contribution in [1.29, 1.82) is 0 Å². The standard InChI is InChI=1S/C64H72N4O8/c65-38-18-42-67(63(70)37-33-52-31-35-59(73-47-54-22-8-2-9-23-54)61(45-52)75-49-56-26-12-4-13-27-56)40-16-17-41-68(64(71)76-50-57-28-14-5-15-29-57)43-19-39-66-62(69)36-32-51-30-34-58(72-46-53-20-6-1-7-21-53)60(44-51)74-48-55-24-10-3-11-25-55/h1-15,20-31,34-35,44-45H,16-19,32-33,36-43,46-50,65H2,(H,66,69). The highest BCUT2D eigenvalue weighted by atomic mass is 16.6. The fourth-order valence-corrected chi connectivity index (χ4v) is 8.43. The molecule has 0 saturated carbocycles. The Morgan fingerprint density at radius 3 is 1.22 bits per heavy atom. The molecule has 0 fully saturated rings. The zero-order valence-electron chi connectivity index (χ0n) is 43.6. The minimum atomic E-state index is -0.420. The second-order valence-electron chi connectivity index (χ2n) is 18.6. The molecular weight excluding hydrogens is 953 g/mol. The molecule has 3 N–H and O–H groups in total. The first-order chi connectivity index (χ1) is 37.4. The highest BCUT2D eigenvalue weighted by molar-refractivity contribution is 5.77. The third-order valence-electron chi connectivity index (χ3n) is 12.7. The van der Waals surface area contributed by atoms with E-state index in [2.05, 4.69) is 5.32 Å². The number of carbonyl (C=O) groups excluding carboxylic acids is 3. The summed E-state index contributed by atoms with van der Waals surface area (Å²) in [4.78, 5) is 44.1. The Labute approximate surface area is 448 Å². The van der Waals surface area contributed by atoms with Gasteiger partial charge in [-0.25, -0.2) is 4.79 Å². The SMILES string of the molecule is NCCCN(CCCCN(CCCNC(=O)CCc1ccc(OCc2ccccc2)c(OCc2ccccc2)c1)C(=O)OCc1ccccc1)C(=O)CCc1ccc(OCc2ccccc2)c(OCc2ccccc2)c1. The van der Waals surface area contributed by atoms with Crippen LogP contribution in [0.5, 0.6) is 23.0 Å². The van der Waals surface area contributed by atoms with Crippen molar-refractivity contribution in [3.8, 4) is 23.0 Å². The minimum absolute atomic E-state index is 0.0428. The lowest BCUT2D eigenvalue weighted by molar-refractivity contribution is -0.131. The molecule has 0 bridgehead atoms. The maximum atomic E-state index is 13.8. The molecule has 0 aromatic heterocycles. The van der Waals surface area contributed by atoms with Crippen molar-refractivity contribution in [3.05, 3.63) is 227 Å². The number of carbonyl (C=O) groups is 3. The molecule has 0 aliphatic heterocycles. The number of aryl methyl sites for hydroxylation is 2. The topological polar surface area (TPSA) is 142 Å². The Morgan fingerprint density at radius 1 is 0.395 bits per heavy atom. The number of rotatable bonds is 32. The van der Waals surface area contributed by atoms with Gasteiger partial charge in [0, 0.05) is 45.6 Å². The number of ether oxygens (including phenoxy) is 5. The van der Waals surface area contributed by atoms with Gasteiger partial charge in [0.15, 0.2) is 23.0 Å². The van der Waals surface area contributed by atoms with E-state index >= 15 is 0 Å². The summed E-state index contributed by atoms with van der Waals surface area (Å²) in [6, 6.07) is 61.2. The van der Waals surface area contributed by atoms with Crippen molar-refractivity contribution >= 4 is 17.9 Å². The molecule has 7 aromatic rings. The monoisotopic (exact) mass is 1020 g/mol. The normalized spacial score (nSPS) is 10.8. The molecule has 0 aliphatic rings. The third kappa shape index (κ3) is 19.6. The molecule has 0 atom stereocenters. The maximum Gasteiger partial charge on any atom is 0.410 e. The number of nitrogens with two attached hydrogens (primary N) is 1. The van der Waals surface area contributed by atoms with Gasteiger partial charge in [-0.15, -0.1) is 0 Å². The number of unbranched alkanes of at least 4 members (excludes halogenated alkanes) is 1. The number of hydrogen-bond acceptors (Lipinski definition) is 9. The summed E-state index contributed by atoms with van der Waals surface area (Å²) in [5.41, 5.74) is 12.9. The summed E-state index contributed by atoms with van der Waals surface area (Å²) < 4.78 is 30.7. The summed E-state index contributed by atoms with van der Waals surface area (Å²) >= 11 is 0.